The Bertz CT molecular complexity index is 578. The molecule has 1 aromatic carbocycles. The van der Waals surface area contributed by atoms with E-state index >= 15 is 0 Å². The largest absolute Gasteiger partial charge is 0.313 e. The summed E-state index contributed by atoms with van der Waals surface area (Å²) in [5.74, 6) is 0.932. The van der Waals surface area contributed by atoms with Crippen LogP contribution in [0.15, 0.2) is 33.6 Å². The highest BCUT2D eigenvalue weighted by atomic mass is 79.9. The summed E-state index contributed by atoms with van der Waals surface area (Å²) in [5, 5.41) is 7.88. The minimum absolute atomic E-state index is 0.907. The van der Waals surface area contributed by atoms with Gasteiger partial charge in [-0.1, -0.05) is 19.1 Å². The predicted octanol–water partition coefficient (Wildman–Crippen LogP) is 4.38. The Balaban J connectivity index is 2.00. The smallest absolute Gasteiger partial charge is 0.0739 e. The lowest BCUT2D eigenvalue weighted by Gasteiger charge is -2.07. The molecule has 1 N–H and O–H groups in total. The van der Waals surface area contributed by atoms with Gasteiger partial charge in [0.25, 0.3) is 0 Å². The van der Waals surface area contributed by atoms with E-state index in [0.29, 0.717) is 0 Å². The molecule has 3 nitrogen and oxygen atoms in total. The second-order valence-electron chi connectivity index (χ2n) is 4.87. The molecule has 5 heteroatoms. The van der Waals surface area contributed by atoms with Crippen molar-refractivity contribution >= 4 is 27.7 Å². The second-order valence-corrected chi connectivity index (χ2v) is 6.72. The van der Waals surface area contributed by atoms with Gasteiger partial charge in [0.1, 0.15) is 0 Å². The van der Waals surface area contributed by atoms with Crippen molar-refractivity contribution < 1.29 is 0 Å². The molecule has 1 heterocycles. The number of benzene rings is 1. The summed E-state index contributed by atoms with van der Waals surface area (Å²) in [7, 11) is 0. The Morgan fingerprint density at radius 3 is 2.57 bits per heavy atom. The van der Waals surface area contributed by atoms with Crippen LogP contribution >= 0.6 is 27.7 Å². The van der Waals surface area contributed by atoms with Crippen molar-refractivity contribution in [3.63, 3.8) is 0 Å². The standard InChI is InChI=1S/C16H22BrN3S/c1-4-18-10-13-6-8-14(9-7-13)21-11-15-16(17)12(3)19-20(15)5-2/h6-9,18H,4-5,10-11H2,1-3H3. The predicted molar refractivity (Wildman–Crippen MR) is 93.7 cm³/mol. The average Bonchev–Trinajstić information content (AvgIpc) is 2.79. The maximum absolute atomic E-state index is 4.54. The summed E-state index contributed by atoms with van der Waals surface area (Å²) < 4.78 is 3.21. The molecule has 0 bridgehead atoms. The third-order valence-corrected chi connectivity index (χ3v) is 5.39. The van der Waals surface area contributed by atoms with Gasteiger partial charge in [-0.15, -0.1) is 11.8 Å². The zero-order chi connectivity index (χ0) is 15.2. The molecule has 0 atom stereocenters. The van der Waals surface area contributed by atoms with E-state index in [9.17, 15) is 0 Å². The Hall–Kier alpha value is -0.780. The van der Waals surface area contributed by atoms with Gasteiger partial charge in [0.2, 0.25) is 0 Å². The van der Waals surface area contributed by atoms with Crippen LogP contribution in [0.25, 0.3) is 0 Å². The number of aryl methyl sites for hydroxylation is 2. The number of halogens is 1. The summed E-state index contributed by atoms with van der Waals surface area (Å²) in [6.07, 6.45) is 0. The van der Waals surface area contributed by atoms with E-state index in [1.807, 2.05) is 18.7 Å². The average molecular weight is 368 g/mol. The lowest BCUT2D eigenvalue weighted by molar-refractivity contribution is 0.631. The van der Waals surface area contributed by atoms with E-state index in [2.05, 4.69) is 69.1 Å². The molecule has 0 aliphatic heterocycles. The molecule has 0 unspecified atom stereocenters. The molecule has 0 saturated carbocycles. The minimum Gasteiger partial charge on any atom is -0.313 e. The molecule has 2 aromatic rings. The van der Waals surface area contributed by atoms with Crippen LogP contribution in [0.4, 0.5) is 0 Å². The van der Waals surface area contributed by atoms with Gasteiger partial charge in [0.05, 0.1) is 15.9 Å². The fourth-order valence-corrected chi connectivity index (χ4v) is 3.67. The number of nitrogens with zero attached hydrogens (tertiary/aromatic N) is 2. The summed E-state index contributed by atoms with van der Waals surface area (Å²) in [6, 6.07) is 8.79. The van der Waals surface area contributed by atoms with Gasteiger partial charge in [-0.3, -0.25) is 4.68 Å². The first-order valence-corrected chi connectivity index (χ1v) is 9.07. The van der Waals surface area contributed by atoms with Crippen molar-refractivity contribution in [2.24, 2.45) is 0 Å². The zero-order valence-electron chi connectivity index (χ0n) is 12.8. The molecular formula is C16H22BrN3S. The topological polar surface area (TPSA) is 29.9 Å². The number of hydrogen-bond donors (Lipinski definition) is 1. The van der Waals surface area contributed by atoms with Gasteiger partial charge in [0.15, 0.2) is 0 Å². The number of rotatable bonds is 7. The molecule has 0 fully saturated rings. The Labute approximate surface area is 139 Å². The molecule has 2 rings (SSSR count). The lowest BCUT2D eigenvalue weighted by atomic mass is 10.2. The fraction of sp³-hybridized carbons (Fsp3) is 0.438. The van der Waals surface area contributed by atoms with Crippen molar-refractivity contribution in [1.82, 2.24) is 15.1 Å². The molecule has 0 aliphatic rings. The lowest BCUT2D eigenvalue weighted by Crippen LogP contribution is -2.11. The molecule has 0 amide bonds. The highest BCUT2D eigenvalue weighted by Gasteiger charge is 2.12. The van der Waals surface area contributed by atoms with E-state index in [-0.39, 0.29) is 0 Å². The van der Waals surface area contributed by atoms with Crippen LogP contribution in [0.3, 0.4) is 0 Å². The SMILES string of the molecule is CCNCc1ccc(SCc2c(Br)c(C)nn2CC)cc1. The summed E-state index contributed by atoms with van der Waals surface area (Å²) in [4.78, 5) is 1.30. The van der Waals surface area contributed by atoms with E-state index in [0.717, 1.165) is 35.6 Å². The molecule has 0 aliphatic carbocycles. The minimum atomic E-state index is 0.907. The first-order chi connectivity index (χ1) is 10.2. The highest BCUT2D eigenvalue weighted by molar-refractivity contribution is 9.10. The quantitative estimate of drug-likeness (QED) is 0.736. The van der Waals surface area contributed by atoms with E-state index in [1.165, 1.54) is 16.2 Å². The van der Waals surface area contributed by atoms with Crippen molar-refractivity contribution in [1.29, 1.82) is 0 Å². The molecule has 21 heavy (non-hydrogen) atoms. The van der Waals surface area contributed by atoms with Crippen molar-refractivity contribution in [3.8, 4) is 0 Å². The maximum atomic E-state index is 4.54. The summed E-state index contributed by atoms with van der Waals surface area (Å²) in [6.45, 7) is 9.15. The third-order valence-electron chi connectivity index (χ3n) is 3.33. The van der Waals surface area contributed by atoms with Gasteiger partial charge < -0.3 is 5.32 Å². The molecule has 114 valence electrons. The van der Waals surface area contributed by atoms with Gasteiger partial charge in [-0.2, -0.15) is 5.10 Å². The van der Waals surface area contributed by atoms with Crippen molar-refractivity contribution in [2.75, 3.05) is 6.54 Å². The molecule has 0 radical (unpaired) electrons. The molecular weight excluding hydrogens is 346 g/mol. The van der Waals surface area contributed by atoms with Crippen molar-refractivity contribution in [2.45, 2.75) is 44.5 Å². The van der Waals surface area contributed by atoms with Crippen molar-refractivity contribution in [3.05, 3.63) is 45.7 Å². The van der Waals surface area contributed by atoms with Crippen LogP contribution in [0.2, 0.25) is 0 Å². The first-order valence-electron chi connectivity index (χ1n) is 7.30. The van der Waals surface area contributed by atoms with Gasteiger partial charge in [-0.25, -0.2) is 0 Å². The molecule has 0 saturated heterocycles. The Morgan fingerprint density at radius 2 is 1.95 bits per heavy atom. The highest BCUT2D eigenvalue weighted by Crippen LogP contribution is 2.29. The van der Waals surface area contributed by atoms with Crippen LogP contribution in [0.5, 0.6) is 0 Å². The number of aromatic nitrogens is 2. The van der Waals surface area contributed by atoms with E-state index in [4.69, 9.17) is 0 Å². The van der Waals surface area contributed by atoms with Gasteiger partial charge in [-0.05, 0) is 54.0 Å². The van der Waals surface area contributed by atoms with Crippen LogP contribution < -0.4 is 5.32 Å². The van der Waals surface area contributed by atoms with E-state index in [1.54, 1.807) is 0 Å². The van der Waals surface area contributed by atoms with Gasteiger partial charge in [0, 0.05) is 23.7 Å². The Morgan fingerprint density at radius 1 is 1.24 bits per heavy atom. The van der Waals surface area contributed by atoms with Crippen LogP contribution in [0.1, 0.15) is 30.8 Å². The monoisotopic (exact) mass is 367 g/mol. The number of nitrogens with one attached hydrogen (secondary N) is 1. The number of hydrogen-bond acceptors (Lipinski definition) is 3. The Kier molecular flexibility index (Phi) is 6.33. The van der Waals surface area contributed by atoms with Crippen LogP contribution in [-0.4, -0.2) is 16.3 Å². The molecule has 0 spiro atoms. The van der Waals surface area contributed by atoms with E-state index < -0.39 is 0 Å². The third kappa shape index (κ3) is 4.34. The summed E-state index contributed by atoms with van der Waals surface area (Å²) in [5.41, 5.74) is 3.65. The fourth-order valence-electron chi connectivity index (χ4n) is 2.13. The second kappa shape index (κ2) is 8.01. The summed E-state index contributed by atoms with van der Waals surface area (Å²) >= 11 is 5.50. The van der Waals surface area contributed by atoms with Crippen LogP contribution in [-0.2, 0) is 18.8 Å². The number of thioether (sulfide) groups is 1. The van der Waals surface area contributed by atoms with Gasteiger partial charge >= 0.3 is 0 Å². The van der Waals surface area contributed by atoms with Crippen LogP contribution in [0, 0.1) is 6.92 Å². The molecule has 1 aromatic heterocycles. The normalized spacial score (nSPS) is 11.0. The zero-order valence-corrected chi connectivity index (χ0v) is 15.2. The maximum Gasteiger partial charge on any atom is 0.0739 e. The first kappa shape index (κ1) is 16.6.